The van der Waals surface area contributed by atoms with Crippen molar-refractivity contribution in [2.75, 3.05) is 13.1 Å². The Kier molecular flexibility index (Phi) is 2.65. The Bertz CT molecular complexity index is 171. The molecular formula is C8H13NO2. The van der Waals surface area contributed by atoms with Crippen LogP contribution in [0, 0.1) is 5.92 Å². The molecule has 1 heterocycles. The average Bonchev–Trinajstić information content (AvgIpc) is 2.39. The summed E-state index contributed by atoms with van der Waals surface area (Å²) in [6, 6.07) is 0. The van der Waals surface area contributed by atoms with E-state index in [0.717, 1.165) is 19.5 Å². The predicted molar refractivity (Wildman–Crippen MR) is 42.4 cm³/mol. The highest BCUT2D eigenvalue weighted by atomic mass is 16.4. The highest BCUT2D eigenvalue weighted by Gasteiger charge is 2.17. The molecule has 0 bridgehead atoms. The maximum atomic E-state index is 10.4. The quantitative estimate of drug-likeness (QED) is 0.587. The second-order valence-electron chi connectivity index (χ2n) is 2.97. The van der Waals surface area contributed by atoms with Crippen molar-refractivity contribution in [2.24, 2.45) is 5.92 Å². The van der Waals surface area contributed by atoms with Gasteiger partial charge in [0.2, 0.25) is 0 Å². The van der Waals surface area contributed by atoms with Crippen molar-refractivity contribution < 1.29 is 9.90 Å². The minimum atomic E-state index is -0.864. The third kappa shape index (κ3) is 2.35. The molecule has 62 valence electrons. The van der Waals surface area contributed by atoms with Crippen molar-refractivity contribution in [3.8, 4) is 0 Å². The van der Waals surface area contributed by atoms with E-state index < -0.39 is 5.97 Å². The number of nitrogens with one attached hydrogen (secondary N) is 1. The second kappa shape index (κ2) is 3.53. The van der Waals surface area contributed by atoms with Gasteiger partial charge in [-0.15, -0.1) is 0 Å². The average molecular weight is 155 g/mol. The molecule has 11 heavy (non-hydrogen) atoms. The van der Waals surface area contributed by atoms with Crippen LogP contribution in [0.4, 0.5) is 0 Å². The lowest BCUT2D eigenvalue weighted by atomic mass is 10.00. The molecule has 1 rings (SSSR count). The van der Waals surface area contributed by atoms with Crippen LogP contribution in [0.3, 0.4) is 0 Å². The fourth-order valence-corrected chi connectivity index (χ4v) is 1.32. The number of hydrogen-bond acceptors (Lipinski definition) is 2. The van der Waals surface area contributed by atoms with E-state index in [2.05, 4.69) is 11.9 Å². The Hall–Kier alpha value is -0.830. The van der Waals surface area contributed by atoms with Gasteiger partial charge in [0, 0.05) is 5.57 Å². The summed E-state index contributed by atoms with van der Waals surface area (Å²) in [6.07, 6.45) is 1.70. The van der Waals surface area contributed by atoms with Gasteiger partial charge in [-0.25, -0.2) is 4.79 Å². The third-order valence-electron chi connectivity index (χ3n) is 2.00. The van der Waals surface area contributed by atoms with E-state index in [9.17, 15) is 4.79 Å². The summed E-state index contributed by atoms with van der Waals surface area (Å²) < 4.78 is 0. The van der Waals surface area contributed by atoms with E-state index >= 15 is 0 Å². The van der Waals surface area contributed by atoms with Crippen molar-refractivity contribution in [2.45, 2.75) is 12.8 Å². The number of rotatable bonds is 3. The first-order chi connectivity index (χ1) is 5.20. The maximum Gasteiger partial charge on any atom is 0.330 e. The van der Waals surface area contributed by atoms with Crippen molar-refractivity contribution in [3.63, 3.8) is 0 Å². The van der Waals surface area contributed by atoms with Gasteiger partial charge in [0.15, 0.2) is 0 Å². The van der Waals surface area contributed by atoms with Crippen LogP contribution in [0.2, 0.25) is 0 Å². The molecule has 1 unspecified atom stereocenters. The van der Waals surface area contributed by atoms with Gasteiger partial charge in [-0.3, -0.25) is 0 Å². The molecule has 2 N–H and O–H groups in total. The minimum absolute atomic E-state index is 0.332. The van der Waals surface area contributed by atoms with Crippen LogP contribution in [0.15, 0.2) is 12.2 Å². The van der Waals surface area contributed by atoms with Crippen molar-refractivity contribution in [3.05, 3.63) is 12.2 Å². The fourth-order valence-electron chi connectivity index (χ4n) is 1.32. The first kappa shape index (κ1) is 8.27. The molecule has 3 nitrogen and oxygen atoms in total. The van der Waals surface area contributed by atoms with Crippen LogP contribution in [0.5, 0.6) is 0 Å². The summed E-state index contributed by atoms with van der Waals surface area (Å²) in [7, 11) is 0. The molecule has 1 atom stereocenters. The van der Waals surface area contributed by atoms with E-state index in [1.54, 1.807) is 0 Å². The first-order valence-corrected chi connectivity index (χ1v) is 3.82. The Morgan fingerprint density at radius 2 is 2.45 bits per heavy atom. The molecular weight excluding hydrogens is 142 g/mol. The number of hydrogen-bond donors (Lipinski definition) is 2. The molecule has 0 aliphatic carbocycles. The standard InChI is InChI=1S/C8H13NO2/c1-6(8(10)11)4-7-2-3-9-5-7/h7,9H,1-5H2,(H,10,11). The number of carboxylic acids is 1. The van der Waals surface area contributed by atoms with Gasteiger partial charge in [-0.2, -0.15) is 0 Å². The Morgan fingerprint density at radius 3 is 2.91 bits per heavy atom. The van der Waals surface area contributed by atoms with E-state index in [4.69, 9.17) is 5.11 Å². The summed E-state index contributed by atoms with van der Waals surface area (Å²) in [5.74, 6) is -0.379. The molecule has 1 saturated heterocycles. The van der Waals surface area contributed by atoms with Gasteiger partial charge in [-0.05, 0) is 31.8 Å². The Balaban J connectivity index is 2.29. The van der Waals surface area contributed by atoms with Crippen LogP contribution in [-0.2, 0) is 4.79 Å². The molecule has 1 aliphatic rings. The van der Waals surface area contributed by atoms with Crippen LogP contribution < -0.4 is 5.32 Å². The van der Waals surface area contributed by atoms with Crippen LogP contribution in [0.1, 0.15) is 12.8 Å². The molecule has 0 spiro atoms. The number of aliphatic carboxylic acids is 1. The van der Waals surface area contributed by atoms with E-state index in [1.165, 1.54) is 0 Å². The molecule has 0 aromatic heterocycles. The summed E-state index contributed by atoms with van der Waals surface area (Å²) in [5.41, 5.74) is 0.332. The summed E-state index contributed by atoms with van der Waals surface area (Å²) in [4.78, 5) is 10.4. The van der Waals surface area contributed by atoms with Crippen LogP contribution >= 0.6 is 0 Å². The molecule has 1 aliphatic heterocycles. The smallest absolute Gasteiger partial charge is 0.330 e. The predicted octanol–water partition coefficient (Wildman–Crippen LogP) is 0.627. The summed E-state index contributed by atoms with van der Waals surface area (Å²) in [6.45, 7) is 5.44. The van der Waals surface area contributed by atoms with Gasteiger partial charge in [0.25, 0.3) is 0 Å². The molecule has 0 saturated carbocycles. The molecule has 3 heteroatoms. The molecule has 0 amide bonds. The largest absolute Gasteiger partial charge is 0.478 e. The summed E-state index contributed by atoms with van der Waals surface area (Å²) in [5, 5.41) is 11.7. The van der Waals surface area contributed by atoms with Gasteiger partial charge in [0.1, 0.15) is 0 Å². The third-order valence-corrected chi connectivity index (χ3v) is 2.00. The van der Waals surface area contributed by atoms with Crippen molar-refractivity contribution >= 4 is 5.97 Å². The van der Waals surface area contributed by atoms with Crippen LogP contribution in [0.25, 0.3) is 0 Å². The fraction of sp³-hybridized carbons (Fsp3) is 0.625. The van der Waals surface area contributed by atoms with E-state index in [-0.39, 0.29) is 0 Å². The van der Waals surface area contributed by atoms with Crippen molar-refractivity contribution in [1.29, 1.82) is 0 Å². The van der Waals surface area contributed by atoms with Gasteiger partial charge >= 0.3 is 5.97 Å². The zero-order chi connectivity index (χ0) is 8.27. The Labute approximate surface area is 66.1 Å². The Morgan fingerprint density at radius 1 is 1.73 bits per heavy atom. The molecule has 0 aromatic rings. The second-order valence-corrected chi connectivity index (χ2v) is 2.97. The molecule has 1 fully saturated rings. The lowest BCUT2D eigenvalue weighted by Crippen LogP contribution is -2.11. The van der Waals surface area contributed by atoms with E-state index in [1.807, 2.05) is 0 Å². The van der Waals surface area contributed by atoms with Gasteiger partial charge in [0.05, 0.1) is 0 Å². The highest BCUT2D eigenvalue weighted by Crippen LogP contribution is 2.16. The lowest BCUT2D eigenvalue weighted by Gasteiger charge is -2.06. The minimum Gasteiger partial charge on any atom is -0.478 e. The molecule has 0 aromatic carbocycles. The molecule has 0 radical (unpaired) electrons. The van der Waals surface area contributed by atoms with Crippen LogP contribution in [-0.4, -0.2) is 24.2 Å². The topological polar surface area (TPSA) is 49.3 Å². The maximum absolute atomic E-state index is 10.4. The SMILES string of the molecule is C=C(CC1CCNC1)C(=O)O. The zero-order valence-electron chi connectivity index (χ0n) is 6.47. The number of carboxylic acid groups (broad SMARTS) is 1. The monoisotopic (exact) mass is 155 g/mol. The van der Waals surface area contributed by atoms with Gasteiger partial charge in [-0.1, -0.05) is 6.58 Å². The van der Waals surface area contributed by atoms with E-state index in [0.29, 0.717) is 17.9 Å². The van der Waals surface area contributed by atoms with Gasteiger partial charge < -0.3 is 10.4 Å². The normalized spacial score (nSPS) is 23.5. The van der Waals surface area contributed by atoms with Crippen molar-refractivity contribution in [1.82, 2.24) is 5.32 Å². The summed E-state index contributed by atoms with van der Waals surface area (Å²) >= 11 is 0. The highest BCUT2D eigenvalue weighted by molar-refractivity contribution is 5.85. The first-order valence-electron chi connectivity index (χ1n) is 3.82. The zero-order valence-corrected chi connectivity index (χ0v) is 6.47. The number of carbonyl (C=O) groups is 1. The lowest BCUT2D eigenvalue weighted by molar-refractivity contribution is -0.132.